The average Bonchev–Trinajstić information content (AvgIpc) is 3.44. The number of carbonyl (C=O) groups is 3. The molecule has 2 heterocycles. The number of hydrogen-bond acceptors (Lipinski definition) is 8. The number of ether oxygens (including phenoxy) is 4. The van der Waals surface area contributed by atoms with Crippen LogP contribution in [-0.2, 0) is 14.3 Å². The molecule has 0 spiro atoms. The zero-order valence-corrected chi connectivity index (χ0v) is 19.0. The summed E-state index contributed by atoms with van der Waals surface area (Å²) in [6.45, 7) is 1.38. The van der Waals surface area contributed by atoms with E-state index >= 15 is 0 Å². The summed E-state index contributed by atoms with van der Waals surface area (Å²) >= 11 is 7.44. The molecule has 0 atom stereocenters. The molecule has 3 aromatic rings. The topological polar surface area (TPSA) is 100 Å². The van der Waals surface area contributed by atoms with Crippen LogP contribution in [0, 0.1) is 0 Å². The second-order valence-electron chi connectivity index (χ2n) is 6.75. The fourth-order valence-electron chi connectivity index (χ4n) is 3.13. The highest BCUT2D eigenvalue weighted by Crippen LogP contribution is 2.39. The smallest absolute Gasteiger partial charge is 0.341 e. The first-order chi connectivity index (χ1) is 16.0. The standard InChI is InChI=1S/C23H18ClNO7S/c1-2-29-23(28)20-15(14-5-3-4-6-16(14)24)11-33-21(20)25-19(26)10-30-22(27)13-7-8-17-18(9-13)32-12-31-17/h3-9,11H,2,10,12H2,1H3,(H,25,26). The number of benzene rings is 2. The Morgan fingerprint density at radius 1 is 1.03 bits per heavy atom. The third-order valence-corrected chi connectivity index (χ3v) is 5.86. The molecule has 1 N–H and O–H groups in total. The Morgan fingerprint density at radius 3 is 2.61 bits per heavy atom. The molecule has 0 saturated heterocycles. The van der Waals surface area contributed by atoms with Crippen LogP contribution in [0.25, 0.3) is 11.1 Å². The van der Waals surface area contributed by atoms with Crippen molar-refractivity contribution in [3.8, 4) is 22.6 Å². The van der Waals surface area contributed by atoms with Gasteiger partial charge in [-0.3, -0.25) is 4.79 Å². The minimum absolute atomic E-state index is 0.0794. The first-order valence-electron chi connectivity index (χ1n) is 9.88. The molecule has 0 bridgehead atoms. The summed E-state index contributed by atoms with van der Waals surface area (Å²) < 4.78 is 20.7. The van der Waals surface area contributed by atoms with Gasteiger partial charge < -0.3 is 24.3 Å². The lowest BCUT2D eigenvalue weighted by Crippen LogP contribution is -2.21. The number of carbonyl (C=O) groups excluding carboxylic acids is 3. The molecule has 1 aliphatic rings. The summed E-state index contributed by atoms with van der Waals surface area (Å²) in [5.41, 5.74) is 1.58. The summed E-state index contributed by atoms with van der Waals surface area (Å²) in [4.78, 5) is 37.4. The fraction of sp³-hybridized carbons (Fsp3) is 0.174. The molecule has 4 rings (SSSR count). The Balaban J connectivity index is 1.48. The van der Waals surface area contributed by atoms with Crippen molar-refractivity contribution >= 4 is 45.8 Å². The Kier molecular flexibility index (Phi) is 6.81. The maximum atomic E-state index is 12.6. The van der Waals surface area contributed by atoms with Gasteiger partial charge in [0.2, 0.25) is 6.79 Å². The Hall–Kier alpha value is -3.56. The molecule has 170 valence electrons. The summed E-state index contributed by atoms with van der Waals surface area (Å²) in [7, 11) is 0. The van der Waals surface area contributed by atoms with Gasteiger partial charge in [-0.15, -0.1) is 11.3 Å². The lowest BCUT2D eigenvalue weighted by atomic mass is 10.0. The molecule has 1 amide bonds. The van der Waals surface area contributed by atoms with E-state index in [0.717, 1.165) is 11.3 Å². The van der Waals surface area contributed by atoms with Crippen molar-refractivity contribution in [2.45, 2.75) is 6.92 Å². The summed E-state index contributed by atoms with van der Waals surface area (Å²) in [6, 6.07) is 11.6. The van der Waals surface area contributed by atoms with Gasteiger partial charge in [-0.1, -0.05) is 29.8 Å². The molecular formula is C23H18ClNO7S. The number of rotatable bonds is 7. The average molecular weight is 488 g/mol. The third-order valence-electron chi connectivity index (χ3n) is 4.63. The van der Waals surface area contributed by atoms with Crippen LogP contribution in [-0.4, -0.2) is 37.9 Å². The molecule has 10 heteroatoms. The number of fused-ring (bicyclic) bond motifs is 1. The predicted molar refractivity (Wildman–Crippen MR) is 122 cm³/mol. The van der Waals surface area contributed by atoms with Crippen molar-refractivity contribution in [1.29, 1.82) is 0 Å². The number of halogens is 1. The van der Waals surface area contributed by atoms with Crippen LogP contribution >= 0.6 is 22.9 Å². The minimum atomic E-state index is -0.697. The van der Waals surface area contributed by atoms with E-state index in [1.54, 1.807) is 42.6 Å². The normalized spacial score (nSPS) is 11.7. The molecule has 2 aromatic carbocycles. The van der Waals surface area contributed by atoms with Crippen LogP contribution in [0.1, 0.15) is 27.6 Å². The summed E-state index contributed by atoms with van der Waals surface area (Å²) in [5, 5.41) is 5.06. The Morgan fingerprint density at radius 2 is 1.82 bits per heavy atom. The third kappa shape index (κ3) is 4.94. The van der Waals surface area contributed by atoms with Crippen molar-refractivity contribution in [1.82, 2.24) is 0 Å². The first-order valence-corrected chi connectivity index (χ1v) is 11.1. The van der Waals surface area contributed by atoms with E-state index in [2.05, 4.69) is 5.32 Å². The van der Waals surface area contributed by atoms with Gasteiger partial charge >= 0.3 is 11.9 Å². The summed E-state index contributed by atoms with van der Waals surface area (Å²) in [6.07, 6.45) is 0. The van der Waals surface area contributed by atoms with Crippen LogP contribution in [0.5, 0.6) is 11.5 Å². The van der Waals surface area contributed by atoms with E-state index in [1.807, 2.05) is 0 Å². The largest absolute Gasteiger partial charge is 0.462 e. The monoisotopic (exact) mass is 487 g/mol. The van der Waals surface area contributed by atoms with E-state index in [1.165, 1.54) is 12.1 Å². The molecule has 33 heavy (non-hydrogen) atoms. The van der Waals surface area contributed by atoms with Crippen LogP contribution in [0.2, 0.25) is 5.02 Å². The van der Waals surface area contributed by atoms with Crippen molar-refractivity contribution in [3.05, 3.63) is 64.0 Å². The molecule has 1 aromatic heterocycles. The maximum absolute atomic E-state index is 12.6. The zero-order chi connectivity index (χ0) is 23.4. The molecule has 0 radical (unpaired) electrons. The van der Waals surface area contributed by atoms with Gasteiger partial charge in [0.25, 0.3) is 5.91 Å². The van der Waals surface area contributed by atoms with Gasteiger partial charge in [-0.05, 0) is 31.2 Å². The van der Waals surface area contributed by atoms with Crippen LogP contribution < -0.4 is 14.8 Å². The van der Waals surface area contributed by atoms with Gasteiger partial charge in [0.05, 0.1) is 12.2 Å². The number of nitrogens with one attached hydrogen (secondary N) is 1. The van der Waals surface area contributed by atoms with Crippen molar-refractivity contribution in [2.75, 3.05) is 25.3 Å². The van der Waals surface area contributed by atoms with E-state index in [0.29, 0.717) is 27.6 Å². The molecule has 1 aliphatic heterocycles. The SMILES string of the molecule is CCOC(=O)c1c(-c2ccccc2Cl)csc1NC(=O)COC(=O)c1ccc2c(c1)OCO2. The number of amides is 1. The Bertz CT molecular complexity index is 1220. The van der Waals surface area contributed by atoms with Crippen LogP contribution in [0.4, 0.5) is 5.00 Å². The van der Waals surface area contributed by atoms with E-state index in [9.17, 15) is 14.4 Å². The highest BCUT2D eigenvalue weighted by molar-refractivity contribution is 7.15. The van der Waals surface area contributed by atoms with Gasteiger partial charge in [0, 0.05) is 21.5 Å². The quantitative estimate of drug-likeness (QED) is 0.479. The van der Waals surface area contributed by atoms with Gasteiger partial charge in [0.1, 0.15) is 10.6 Å². The minimum Gasteiger partial charge on any atom is -0.462 e. The second-order valence-corrected chi connectivity index (χ2v) is 8.03. The van der Waals surface area contributed by atoms with E-state index < -0.39 is 24.5 Å². The highest BCUT2D eigenvalue weighted by Gasteiger charge is 2.24. The molecule has 0 aliphatic carbocycles. The second kappa shape index (κ2) is 9.93. The van der Waals surface area contributed by atoms with Gasteiger partial charge in [0.15, 0.2) is 18.1 Å². The number of thiophene rings is 1. The first kappa shape index (κ1) is 22.6. The van der Waals surface area contributed by atoms with Crippen LogP contribution in [0.3, 0.4) is 0 Å². The van der Waals surface area contributed by atoms with Gasteiger partial charge in [-0.25, -0.2) is 9.59 Å². The van der Waals surface area contributed by atoms with E-state index in [4.69, 9.17) is 30.5 Å². The van der Waals surface area contributed by atoms with Gasteiger partial charge in [-0.2, -0.15) is 0 Å². The predicted octanol–water partition coefficient (Wildman–Crippen LogP) is 4.77. The Labute approximate surface area is 198 Å². The molecule has 8 nitrogen and oxygen atoms in total. The lowest BCUT2D eigenvalue weighted by Gasteiger charge is -2.10. The maximum Gasteiger partial charge on any atom is 0.341 e. The molecular weight excluding hydrogens is 470 g/mol. The summed E-state index contributed by atoms with van der Waals surface area (Å²) in [5.74, 6) is -0.943. The number of esters is 2. The zero-order valence-electron chi connectivity index (χ0n) is 17.4. The van der Waals surface area contributed by atoms with Crippen molar-refractivity contribution < 1.29 is 33.3 Å². The molecule has 0 fully saturated rings. The molecule has 0 unspecified atom stereocenters. The number of anilines is 1. The van der Waals surface area contributed by atoms with E-state index in [-0.39, 0.29) is 29.5 Å². The lowest BCUT2D eigenvalue weighted by molar-refractivity contribution is -0.119. The van der Waals surface area contributed by atoms with Crippen molar-refractivity contribution in [2.24, 2.45) is 0 Å². The number of hydrogen-bond donors (Lipinski definition) is 1. The van der Waals surface area contributed by atoms with Crippen molar-refractivity contribution in [3.63, 3.8) is 0 Å². The molecule has 0 saturated carbocycles. The fourth-order valence-corrected chi connectivity index (χ4v) is 4.34. The van der Waals surface area contributed by atoms with Crippen LogP contribution in [0.15, 0.2) is 47.8 Å². The highest BCUT2D eigenvalue weighted by atomic mass is 35.5.